The molecular weight excluding hydrogens is 538 g/mol. The number of pyridine rings is 1. The highest BCUT2D eigenvalue weighted by Crippen LogP contribution is 2.34. The third-order valence-corrected chi connectivity index (χ3v) is 7.96. The van der Waals surface area contributed by atoms with Gasteiger partial charge in [0.1, 0.15) is 23.8 Å². The number of nitrogens with zero attached hydrogens (tertiary/aromatic N) is 1. The standard InChI is InChI=1S/C30H32F2N2O5S/c1-5-37-27(35)15-21-14-22(31)6-7-26(21)39-17-19-12-20-9-11-38-29(20)24(13-19)23-8-10-34-25(28(23)32)16-33-18-40(36)30(2,3)4/h6-14,33H,5,15-18H2,1-4H3. The van der Waals surface area contributed by atoms with E-state index in [1.807, 2.05) is 26.8 Å². The fourth-order valence-corrected chi connectivity index (χ4v) is 4.80. The lowest BCUT2D eigenvalue weighted by Gasteiger charge is -2.18. The van der Waals surface area contributed by atoms with E-state index in [-0.39, 0.29) is 42.5 Å². The molecule has 1 unspecified atom stereocenters. The minimum absolute atomic E-state index is 0.0787. The molecule has 4 aromatic rings. The van der Waals surface area contributed by atoms with Gasteiger partial charge < -0.3 is 13.9 Å². The topological polar surface area (TPSA) is 90.7 Å². The van der Waals surface area contributed by atoms with Crippen LogP contribution in [0, 0.1) is 11.6 Å². The number of ether oxygens (including phenoxy) is 2. The van der Waals surface area contributed by atoms with Crippen LogP contribution in [0.1, 0.15) is 44.5 Å². The van der Waals surface area contributed by atoms with Gasteiger partial charge in [-0.25, -0.2) is 8.78 Å². The third-order valence-electron chi connectivity index (χ3n) is 6.13. The molecule has 1 N–H and O–H groups in total. The van der Waals surface area contributed by atoms with Crippen molar-refractivity contribution in [2.75, 3.05) is 12.5 Å². The fourth-order valence-electron chi connectivity index (χ4n) is 4.08. The van der Waals surface area contributed by atoms with E-state index in [0.717, 1.165) is 5.39 Å². The maximum atomic E-state index is 15.7. The number of carbonyl (C=O) groups excluding carboxylic acids is 1. The maximum Gasteiger partial charge on any atom is 0.310 e. The smallest absolute Gasteiger partial charge is 0.310 e. The summed E-state index contributed by atoms with van der Waals surface area (Å²) in [5.41, 5.74) is 2.60. The van der Waals surface area contributed by atoms with E-state index in [4.69, 9.17) is 13.9 Å². The molecule has 0 amide bonds. The lowest BCUT2D eigenvalue weighted by Crippen LogP contribution is -2.31. The van der Waals surface area contributed by atoms with Crippen LogP contribution in [0.4, 0.5) is 8.78 Å². The molecule has 0 fully saturated rings. The molecule has 0 aliphatic rings. The summed E-state index contributed by atoms with van der Waals surface area (Å²) in [5, 5.41) is 3.78. The van der Waals surface area contributed by atoms with Gasteiger partial charge in [-0.2, -0.15) is 0 Å². The number of nitrogens with one attached hydrogen (secondary N) is 1. The molecular formula is C30H32F2N2O5S. The second-order valence-electron chi connectivity index (χ2n) is 10.2. The molecule has 1 atom stereocenters. The zero-order valence-electron chi connectivity index (χ0n) is 22.9. The highest BCUT2D eigenvalue weighted by molar-refractivity contribution is 7.86. The van der Waals surface area contributed by atoms with Crippen molar-refractivity contribution in [2.45, 2.75) is 52.0 Å². The minimum Gasteiger partial charge on any atom is -0.489 e. The van der Waals surface area contributed by atoms with Crippen molar-refractivity contribution in [3.8, 4) is 16.9 Å². The predicted octanol–water partition coefficient (Wildman–Crippen LogP) is 6.05. The summed E-state index contributed by atoms with van der Waals surface area (Å²) in [6, 6.07) is 10.9. The van der Waals surface area contributed by atoms with Gasteiger partial charge in [0.05, 0.1) is 30.9 Å². The Morgan fingerprint density at radius 3 is 2.65 bits per heavy atom. The van der Waals surface area contributed by atoms with Crippen LogP contribution in [0.15, 0.2) is 59.3 Å². The zero-order valence-corrected chi connectivity index (χ0v) is 23.7. The molecule has 212 valence electrons. The normalized spacial score (nSPS) is 12.4. The number of carbonyl (C=O) groups is 1. The molecule has 0 aliphatic heterocycles. The Balaban J connectivity index is 1.58. The van der Waals surface area contributed by atoms with Gasteiger partial charge in [-0.3, -0.25) is 19.3 Å². The van der Waals surface area contributed by atoms with Gasteiger partial charge in [0.15, 0.2) is 5.82 Å². The van der Waals surface area contributed by atoms with E-state index in [1.54, 1.807) is 25.1 Å². The first kappa shape index (κ1) is 29.4. The molecule has 4 rings (SSSR count). The zero-order chi connectivity index (χ0) is 28.9. The summed E-state index contributed by atoms with van der Waals surface area (Å²) < 4.78 is 58.2. The SMILES string of the molecule is CCOC(=O)Cc1cc(F)ccc1OCc1cc(-c2ccnc(CNCS(=O)C(C)(C)C)c2F)c2occc2c1. The number of fused-ring (bicyclic) bond motifs is 1. The van der Waals surface area contributed by atoms with E-state index in [9.17, 15) is 13.4 Å². The first-order valence-electron chi connectivity index (χ1n) is 12.9. The summed E-state index contributed by atoms with van der Waals surface area (Å²) in [6.07, 6.45) is 2.92. The molecule has 0 saturated heterocycles. The van der Waals surface area contributed by atoms with Crippen LogP contribution in [0.2, 0.25) is 0 Å². The summed E-state index contributed by atoms with van der Waals surface area (Å²) in [6.45, 7) is 7.75. The second kappa shape index (κ2) is 12.7. The van der Waals surface area contributed by atoms with Crippen molar-refractivity contribution in [1.82, 2.24) is 10.3 Å². The molecule has 0 aliphatic carbocycles. The number of rotatable bonds is 11. The lowest BCUT2D eigenvalue weighted by molar-refractivity contribution is -0.142. The molecule has 0 spiro atoms. The van der Waals surface area contributed by atoms with E-state index in [1.165, 1.54) is 30.7 Å². The molecule has 7 nitrogen and oxygen atoms in total. The number of halogens is 2. The van der Waals surface area contributed by atoms with Gasteiger partial charge in [-0.15, -0.1) is 0 Å². The molecule has 0 bridgehead atoms. The van der Waals surface area contributed by atoms with Gasteiger partial charge in [0.25, 0.3) is 0 Å². The minimum atomic E-state index is -1.14. The van der Waals surface area contributed by atoms with Crippen LogP contribution >= 0.6 is 0 Å². The Hall–Kier alpha value is -3.63. The molecule has 2 heterocycles. The first-order valence-corrected chi connectivity index (χ1v) is 14.2. The summed E-state index contributed by atoms with van der Waals surface area (Å²) in [5.74, 6) is -0.923. The third kappa shape index (κ3) is 7.11. The van der Waals surface area contributed by atoms with Gasteiger partial charge in [-0.1, -0.05) is 0 Å². The molecule has 2 aromatic heterocycles. The quantitative estimate of drug-likeness (QED) is 0.220. The highest BCUT2D eigenvalue weighted by Gasteiger charge is 2.20. The summed E-state index contributed by atoms with van der Waals surface area (Å²) in [4.78, 5) is 16.2. The van der Waals surface area contributed by atoms with Crippen LogP contribution in [0.25, 0.3) is 22.1 Å². The number of hydrogen-bond donors (Lipinski definition) is 1. The largest absolute Gasteiger partial charge is 0.489 e. The lowest BCUT2D eigenvalue weighted by atomic mass is 10.00. The molecule has 10 heteroatoms. The summed E-state index contributed by atoms with van der Waals surface area (Å²) >= 11 is 0. The predicted molar refractivity (Wildman–Crippen MR) is 150 cm³/mol. The highest BCUT2D eigenvalue weighted by atomic mass is 32.2. The Labute approximate surface area is 234 Å². The van der Waals surface area contributed by atoms with Gasteiger partial charge in [0.2, 0.25) is 0 Å². The fraction of sp³-hybridized carbons (Fsp3) is 0.333. The van der Waals surface area contributed by atoms with Crippen LogP contribution < -0.4 is 10.1 Å². The monoisotopic (exact) mass is 570 g/mol. The number of esters is 1. The average Bonchev–Trinajstić information content (AvgIpc) is 3.37. The molecule has 40 heavy (non-hydrogen) atoms. The number of aromatic nitrogens is 1. The van der Waals surface area contributed by atoms with Crippen molar-refractivity contribution >= 4 is 27.7 Å². The van der Waals surface area contributed by atoms with Crippen LogP contribution in [-0.2, 0) is 39.9 Å². The van der Waals surface area contributed by atoms with Gasteiger partial charge in [-0.05, 0) is 75.7 Å². The average molecular weight is 571 g/mol. The van der Waals surface area contributed by atoms with Crippen molar-refractivity contribution in [3.63, 3.8) is 0 Å². The van der Waals surface area contributed by atoms with E-state index in [0.29, 0.717) is 33.6 Å². The number of furan rings is 1. The summed E-state index contributed by atoms with van der Waals surface area (Å²) in [7, 11) is -1.14. The number of benzene rings is 2. The molecule has 0 saturated carbocycles. The Morgan fingerprint density at radius 1 is 1.10 bits per heavy atom. The van der Waals surface area contributed by atoms with Gasteiger partial charge in [0, 0.05) is 50.4 Å². The van der Waals surface area contributed by atoms with E-state index in [2.05, 4.69) is 10.3 Å². The van der Waals surface area contributed by atoms with Crippen LogP contribution in [0.3, 0.4) is 0 Å². The van der Waals surface area contributed by atoms with Crippen molar-refractivity contribution in [2.24, 2.45) is 0 Å². The number of hydrogen-bond acceptors (Lipinski definition) is 7. The van der Waals surface area contributed by atoms with Crippen LogP contribution in [-0.4, -0.2) is 32.4 Å². The van der Waals surface area contributed by atoms with Gasteiger partial charge >= 0.3 is 5.97 Å². The molecule has 0 radical (unpaired) electrons. The van der Waals surface area contributed by atoms with Crippen molar-refractivity contribution in [3.05, 3.63) is 83.4 Å². The second-order valence-corrected chi connectivity index (χ2v) is 12.4. The van der Waals surface area contributed by atoms with E-state index >= 15 is 4.39 Å². The Morgan fingerprint density at radius 2 is 1.90 bits per heavy atom. The van der Waals surface area contributed by atoms with Crippen molar-refractivity contribution < 1.29 is 31.7 Å². The van der Waals surface area contributed by atoms with Crippen LogP contribution in [0.5, 0.6) is 5.75 Å². The van der Waals surface area contributed by atoms with Crippen molar-refractivity contribution in [1.29, 1.82) is 0 Å². The Kier molecular flexibility index (Phi) is 9.32. The maximum absolute atomic E-state index is 15.7. The van der Waals surface area contributed by atoms with E-state index < -0.39 is 28.4 Å². The Bertz CT molecular complexity index is 1530. The molecule has 2 aromatic carbocycles. The first-order chi connectivity index (χ1) is 19.1.